The summed E-state index contributed by atoms with van der Waals surface area (Å²) in [5, 5.41) is 11.9. The molecule has 1 saturated heterocycles. The fourth-order valence-electron chi connectivity index (χ4n) is 1.80. The Hall–Kier alpha value is -0.940. The topological polar surface area (TPSA) is 53.4 Å². The fourth-order valence-corrected chi connectivity index (χ4v) is 2.44. The van der Waals surface area contributed by atoms with Gasteiger partial charge in [0.05, 0.1) is 6.54 Å². The van der Waals surface area contributed by atoms with Gasteiger partial charge in [-0.15, -0.1) is 11.3 Å². The maximum absolute atomic E-state index is 10.9. The Morgan fingerprint density at radius 3 is 3.29 bits per heavy atom. The van der Waals surface area contributed by atoms with Gasteiger partial charge in [-0.25, -0.2) is 4.98 Å². The normalized spacial score (nSPS) is 22.7. The number of carbonyl (C=O) groups is 1. The lowest BCUT2D eigenvalue weighted by Gasteiger charge is -2.19. The molecule has 5 heteroatoms. The first-order valence-corrected chi connectivity index (χ1v) is 5.50. The molecule has 1 aromatic heterocycles. The molecule has 0 bridgehead atoms. The lowest BCUT2D eigenvalue weighted by Crippen LogP contribution is -2.35. The van der Waals surface area contributed by atoms with Gasteiger partial charge in [-0.2, -0.15) is 0 Å². The summed E-state index contributed by atoms with van der Waals surface area (Å²) in [5.41, 5.74) is 0. The summed E-state index contributed by atoms with van der Waals surface area (Å²) in [6.45, 7) is 1.55. The summed E-state index contributed by atoms with van der Waals surface area (Å²) in [7, 11) is 0. The average Bonchev–Trinajstić information content (AvgIpc) is 2.75. The van der Waals surface area contributed by atoms with Gasteiger partial charge in [0.15, 0.2) is 0 Å². The molecule has 14 heavy (non-hydrogen) atoms. The van der Waals surface area contributed by atoms with Crippen LogP contribution < -0.4 is 0 Å². The van der Waals surface area contributed by atoms with Crippen molar-refractivity contribution in [1.82, 2.24) is 9.88 Å². The van der Waals surface area contributed by atoms with Crippen molar-refractivity contribution in [1.29, 1.82) is 0 Å². The van der Waals surface area contributed by atoms with Crippen molar-refractivity contribution >= 4 is 17.3 Å². The van der Waals surface area contributed by atoms with Crippen LogP contribution in [0, 0.1) is 0 Å². The Kier molecular flexibility index (Phi) is 2.79. The lowest BCUT2D eigenvalue weighted by atomic mass is 10.2. The zero-order valence-electron chi connectivity index (χ0n) is 7.72. The van der Waals surface area contributed by atoms with Crippen molar-refractivity contribution in [2.45, 2.75) is 25.4 Å². The highest BCUT2D eigenvalue weighted by Gasteiger charge is 2.30. The highest BCUT2D eigenvalue weighted by Crippen LogP contribution is 2.20. The van der Waals surface area contributed by atoms with Crippen LogP contribution in [0.3, 0.4) is 0 Å². The van der Waals surface area contributed by atoms with Crippen LogP contribution >= 0.6 is 11.3 Å². The number of carboxylic acid groups (broad SMARTS) is 1. The number of aromatic nitrogens is 1. The number of likely N-dealkylation sites (tertiary alicyclic amines) is 1. The van der Waals surface area contributed by atoms with E-state index in [1.807, 2.05) is 10.3 Å². The lowest BCUT2D eigenvalue weighted by molar-refractivity contribution is -0.142. The minimum Gasteiger partial charge on any atom is -0.480 e. The molecule has 1 aromatic rings. The number of rotatable bonds is 3. The van der Waals surface area contributed by atoms with Gasteiger partial charge in [0.2, 0.25) is 0 Å². The third-order valence-electron chi connectivity index (χ3n) is 2.47. The molecule has 0 spiro atoms. The summed E-state index contributed by atoms with van der Waals surface area (Å²) in [6, 6.07) is -0.307. The average molecular weight is 212 g/mol. The van der Waals surface area contributed by atoms with Gasteiger partial charge in [0.1, 0.15) is 11.0 Å². The Balaban J connectivity index is 2.00. The van der Waals surface area contributed by atoms with E-state index in [0.29, 0.717) is 6.54 Å². The summed E-state index contributed by atoms with van der Waals surface area (Å²) < 4.78 is 0. The number of nitrogens with zero attached hydrogens (tertiary/aromatic N) is 2. The van der Waals surface area contributed by atoms with E-state index in [1.54, 1.807) is 17.5 Å². The molecule has 4 nitrogen and oxygen atoms in total. The van der Waals surface area contributed by atoms with Gasteiger partial charge in [-0.1, -0.05) is 0 Å². The maximum Gasteiger partial charge on any atom is 0.320 e. The Labute approximate surface area is 86.2 Å². The van der Waals surface area contributed by atoms with Gasteiger partial charge >= 0.3 is 5.97 Å². The van der Waals surface area contributed by atoms with Crippen LogP contribution in [0.1, 0.15) is 17.8 Å². The summed E-state index contributed by atoms with van der Waals surface area (Å²) >= 11 is 1.58. The first kappa shape index (κ1) is 9.61. The maximum atomic E-state index is 10.9. The number of aliphatic carboxylic acids is 1. The van der Waals surface area contributed by atoms with Gasteiger partial charge in [0.25, 0.3) is 0 Å². The van der Waals surface area contributed by atoms with E-state index in [2.05, 4.69) is 4.98 Å². The van der Waals surface area contributed by atoms with E-state index in [9.17, 15) is 4.79 Å². The molecule has 1 atom stereocenters. The van der Waals surface area contributed by atoms with Crippen LogP contribution in [-0.4, -0.2) is 33.5 Å². The minimum atomic E-state index is -0.709. The van der Waals surface area contributed by atoms with Gasteiger partial charge in [-0.05, 0) is 19.4 Å². The van der Waals surface area contributed by atoms with Crippen molar-refractivity contribution in [2.75, 3.05) is 6.54 Å². The molecule has 2 rings (SSSR count). The van der Waals surface area contributed by atoms with E-state index in [4.69, 9.17) is 5.11 Å². The first-order valence-electron chi connectivity index (χ1n) is 4.62. The Bertz CT molecular complexity index is 313. The van der Waals surface area contributed by atoms with Gasteiger partial charge < -0.3 is 5.11 Å². The molecule has 0 amide bonds. The molecule has 76 valence electrons. The molecule has 2 heterocycles. The van der Waals surface area contributed by atoms with Crippen LogP contribution in [0.25, 0.3) is 0 Å². The number of carboxylic acids is 1. The molecule has 1 fully saturated rings. The molecule has 1 aliphatic heterocycles. The second kappa shape index (κ2) is 4.06. The van der Waals surface area contributed by atoms with Crippen LogP contribution in [0.2, 0.25) is 0 Å². The smallest absolute Gasteiger partial charge is 0.320 e. The zero-order valence-corrected chi connectivity index (χ0v) is 8.54. The predicted molar refractivity (Wildman–Crippen MR) is 53.2 cm³/mol. The quantitative estimate of drug-likeness (QED) is 0.817. The standard InChI is InChI=1S/C9H12N2O2S/c12-9(13)7-2-1-4-11(7)6-8-10-3-5-14-8/h3,5,7H,1-2,4,6H2,(H,12,13). The third-order valence-corrected chi connectivity index (χ3v) is 3.23. The Morgan fingerprint density at radius 2 is 2.64 bits per heavy atom. The highest BCUT2D eigenvalue weighted by molar-refractivity contribution is 7.09. The summed E-state index contributed by atoms with van der Waals surface area (Å²) in [5.74, 6) is -0.709. The minimum absolute atomic E-state index is 0.307. The van der Waals surface area contributed by atoms with Gasteiger partial charge in [0, 0.05) is 11.6 Å². The van der Waals surface area contributed by atoms with E-state index in [-0.39, 0.29) is 6.04 Å². The largest absolute Gasteiger partial charge is 0.480 e. The van der Waals surface area contributed by atoms with Crippen molar-refractivity contribution in [3.8, 4) is 0 Å². The zero-order chi connectivity index (χ0) is 9.97. The van der Waals surface area contributed by atoms with Crippen molar-refractivity contribution in [3.05, 3.63) is 16.6 Å². The van der Waals surface area contributed by atoms with E-state index in [0.717, 1.165) is 24.4 Å². The fraction of sp³-hybridized carbons (Fsp3) is 0.556. The molecule has 0 saturated carbocycles. The molecule has 1 unspecified atom stereocenters. The van der Waals surface area contributed by atoms with Crippen LogP contribution in [0.4, 0.5) is 0 Å². The number of hydrogen-bond donors (Lipinski definition) is 1. The third kappa shape index (κ3) is 1.93. The van der Waals surface area contributed by atoms with Crippen LogP contribution in [0.15, 0.2) is 11.6 Å². The molecular formula is C9H12N2O2S. The molecule has 1 aliphatic rings. The number of thiazole rings is 1. The SMILES string of the molecule is O=C(O)C1CCCN1Cc1nccs1. The molecule has 0 aliphatic carbocycles. The molecule has 0 aromatic carbocycles. The first-order chi connectivity index (χ1) is 6.77. The second-order valence-corrected chi connectivity index (χ2v) is 4.37. The predicted octanol–water partition coefficient (Wildman–Crippen LogP) is 1.19. The van der Waals surface area contributed by atoms with Crippen LogP contribution in [-0.2, 0) is 11.3 Å². The molecule has 0 radical (unpaired) electrons. The van der Waals surface area contributed by atoms with E-state index >= 15 is 0 Å². The van der Waals surface area contributed by atoms with Gasteiger partial charge in [-0.3, -0.25) is 9.69 Å². The molecular weight excluding hydrogens is 200 g/mol. The van der Waals surface area contributed by atoms with Crippen molar-refractivity contribution < 1.29 is 9.90 Å². The van der Waals surface area contributed by atoms with Crippen LogP contribution in [0.5, 0.6) is 0 Å². The number of hydrogen-bond acceptors (Lipinski definition) is 4. The second-order valence-electron chi connectivity index (χ2n) is 3.39. The summed E-state index contributed by atoms with van der Waals surface area (Å²) in [6.07, 6.45) is 3.49. The summed E-state index contributed by atoms with van der Waals surface area (Å²) in [4.78, 5) is 17.0. The van der Waals surface area contributed by atoms with Crippen molar-refractivity contribution in [2.24, 2.45) is 0 Å². The molecule has 1 N–H and O–H groups in total. The highest BCUT2D eigenvalue weighted by atomic mass is 32.1. The van der Waals surface area contributed by atoms with Crippen molar-refractivity contribution in [3.63, 3.8) is 0 Å². The Morgan fingerprint density at radius 1 is 1.79 bits per heavy atom. The monoisotopic (exact) mass is 212 g/mol. The van der Waals surface area contributed by atoms with E-state index < -0.39 is 5.97 Å². The van der Waals surface area contributed by atoms with E-state index in [1.165, 1.54) is 0 Å².